The second-order valence-corrected chi connectivity index (χ2v) is 5.23. The first kappa shape index (κ1) is 15.8. The lowest BCUT2D eigenvalue weighted by atomic mass is 10.1. The van der Waals surface area contributed by atoms with Crippen LogP contribution in [-0.2, 0) is 9.59 Å². The van der Waals surface area contributed by atoms with Crippen LogP contribution in [0.2, 0.25) is 0 Å². The van der Waals surface area contributed by atoms with E-state index in [1.54, 1.807) is 18.2 Å². The van der Waals surface area contributed by atoms with Crippen molar-refractivity contribution in [2.45, 2.75) is 12.8 Å². The van der Waals surface area contributed by atoms with Gasteiger partial charge in [0.2, 0.25) is 5.91 Å². The average molecular weight is 332 g/mol. The molecule has 0 aliphatic carbocycles. The van der Waals surface area contributed by atoms with Gasteiger partial charge in [0.25, 0.3) is 11.8 Å². The van der Waals surface area contributed by atoms with Crippen LogP contribution < -0.4 is 20.3 Å². The van der Waals surface area contributed by atoms with Gasteiger partial charge in [-0.15, -0.1) is 0 Å². The molecule has 24 heavy (non-hydrogen) atoms. The van der Waals surface area contributed by atoms with Gasteiger partial charge in [-0.3, -0.25) is 25.2 Å². The standard InChI is InChI=1S/C15H16N4O5/c1-19-13(20)5-3-10(18-19)15(22)17-16-14(21)9-2-4-11-12(8-9)24-7-6-23-11/h2,4,8H,3,5-7H2,1H3,(H,16,21)(H,17,22). The third-order valence-corrected chi connectivity index (χ3v) is 3.56. The number of carbonyl (C=O) groups excluding carboxylic acids is 3. The van der Waals surface area contributed by atoms with E-state index in [1.165, 1.54) is 7.05 Å². The summed E-state index contributed by atoms with van der Waals surface area (Å²) in [7, 11) is 1.47. The molecular weight excluding hydrogens is 316 g/mol. The van der Waals surface area contributed by atoms with E-state index in [2.05, 4.69) is 16.0 Å². The Labute approximate surface area is 137 Å². The fourth-order valence-electron chi connectivity index (χ4n) is 2.28. The summed E-state index contributed by atoms with van der Waals surface area (Å²) in [5, 5.41) is 4.98. The number of hydrogen-bond donors (Lipinski definition) is 2. The first-order valence-corrected chi connectivity index (χ1v) is 7.39. The van der Waals surface area contributed by atoms with E-state index in [4.69, 9.17) is 9.47 Å². The Kier molecular flexibility index (Phi) is 4.32. The Bertz CT molecular complexity index is 731. The predicted molar refractivity (Wildman–Crippen MR) is 82.5 cm³/mol. The lowest BCUT2D eigenvalue weighted by Crippen LogP contribution is -2.46. The number of ether oxygens (including phenoxy) is 2. The molecule has 2 aliphatic rings. The van der Waals surface area contributed by atoms with Gasteiger partial charge in [0.1, 0.15) is 18.9 Å². The van der Waals surface area contributed by atoms with E-state index < -0.39 is 11.8 Å². The SMILES string of the molecule is CN1N=C(C(=O)NNC(=O)c2ccc3c(c2)OCCO3)CCC1=O. The number of carbonyl (C=O) groups is 3. The number of fused-ring (bicyclic) bond motifs is 1. The number of benzene rings is 1. The van der Waals surface area contributed by atoms with Gasteiger partial charge in [-0.2, -0.15) is 5.10 Å². The van der Waals surface area contributed by atoms with E-state index in [9.17, 15) is 14.4 Å². The molecular formula is C15H16N4O5. The van der Waals surface area contributed by atoms with Crippen LogP contribution >= 0.6 is 0 Å². The molecule has 0 saturated heterocycles. The van der Waals surface area contributed by atoms with Crippen LogP contribution in [0.3, 0.4) is 0 Å². The molecule has 3 amide bonds. The van der Waals surface area contributed by atoms with Gasteiger partial charge < -0.3 is 9.47 Å². The second kappa shape index (κ2) is 6.57. The third kappa shape index (κ3) is 3.29. The van der Waals surface area contributed by atoms with E-state index in [0.29, 0.717) is 30.3 Å². The van der Waals surface area contributed by atoms with Gasteiger partial charge >= 0.3 is 0 Å². The summed E-state index contributed by atoms with van der Waals surface area (Å²) in [5.41, 5.74) is 5.09. The fourth-order valence-corrected chi connectivity index (χ4v) is 2.28. The van der Waals surface area contributed by atoms with Crippen LogP contribution in [0.1, 0.15) is 23.2 Å². The summed E-state index contributed by atoms with van der Waals surface area (Å²) >= 11 is 0. The molecule has 1 aromatic carbocycles. The summed E-state index contributed by atoms with van der Waals surface area (Å²) in [6.07, 6.45) is 0.438. The molecule has 0 saturated carbocycles. The molecule has 9 nitrogen and oxygen atoms in total. The molecule has 0 unspecified atom stereocenters. The van der Waals surface area contributed by atoms with Gasteiger partial charge in [0.05, 0.1) is 0 Å². The molecule has 1 aromatic rings. The monoisotopic (exact) mass is 332 g/mol. The Morgan fingerprint density at radius 2 is 1.79 bits per heavy atom. The number of rotatable bonds is 2. The number of hydrazine groups is 1. The lowest BCUT2D eigenvalue weighted by molar-refractivity contribution is -0.130. The van der Waals surface area contributed by atoms with Gasteiger partial charge in [0, 0.05) is 25.5 Å². The Morgan fingerprint density at radius 1 is 1.08 bits per heavy atom. The molecule has 0 spiro atoms. The highest BCUT2D eigenvalue weighted by atomic mass is 16.6. The summed E-state index contributed by atoms with van der Waals surface area (Å²) in [5.74, 6) is -0.156. The maximum Gasteiger partial charge on any atom is 0.285 e. The molecule has 2 aliphatic heterocycles. The third-order valence-electron chi connectivity index (χ3n) is 3.56. The molecule has 0 bridgehead atoms. The van der Waals surface area contributed by atoms with Crippen LogP contribution in [0.25, 0.3) is 0 Å². The number of nitrogens with zero attached hydrogens (tertiary/aromatic N) is 2. The van der Waals surface area contributed by atoms with E-state index in [1.807, 2.05) is 0 Å². The normalized spacial score (nSPS) is 16.3. The van der Waals surface area contributed by atoms with Gasteiger partial charge in [-0.1, -0.05) is 0 Å². The van der Waals surface area contributed by atoms with E-state index in [0.717, 1.165) is 5.01 Å². The zero-order valence-corrected chi connectivity index (χ0v) is 13.0. The van der Waals surface area contributed by atoms with Crippen molar-refractivity contribution >= 4 is 23.4 Å². The molecule has 0 aromatic heterocycles. The summed E-state index contributed by atoms with van der Waals surface area (Å²) in [6, 6.07) is 4.75. The number of nitrogens with one attached hydrogen (secondary N) is 2. The van der Waals surface area contributed by atoms with Crippen LogP contribution in [0, 0.1) is 0 Å². The van der Waals surface area contributed by atoms with Crippen molar-refractivity contribution < 1.29 is 23.9 Å². The van der Waals surface area contributed by atoms with Crippen molar-refractivity contribution in [3.63, 3.8) is 0 Å². The van der Waals surface area contributed by atoms with Crippen LogP contribution in [-0.4, -0.2) is 48.7 Å². The zero-order chi connectivity index (χ0) is 17.1. The largest absolute Gasteiger partial charge is 0.486 e. The van der Waals surface area contributed by atoms with Crippen molar-refractivity contribution in [3.8, 4) is 11.5 Å². The smallest absolute Gasteiger partial charge is 0.285 e. The minimum atomic E-state index is -0.555. The topological polar surface area (TPSA) is 109 Å². The van der Waals surface area contributed by atoms with Gasteiger partial charge in [-0.25, -0.2) is 5.01 Å². The molecule has 3 rings (SSSR count). The summed E-state index contributed by atoms with van der Waals surface area (Å²) in [6.45, 7) is 0.883. The Balaban J connectivity index is 1.60. The van der Waals surface area contributed by atoms with Gasteiger partial charge in [-0.05, 0) is 18.2 Å². The molecule has 2 heterocycles. The molecule has 0 atom stereocenters. The maximum absolute atomic E-state index is 12.1. The van der Waals surface area contributed by atoms with E-state index in [-0.39, 0.29) is 24.5 Å². The second-order valence-electron chi connectivity index (χ2n) is 5.23. The number of hydrazone groups is 1. The maximum atomic E-state index is 12.1. The molecule has 9 heteroatoms. The van der Waals surface area contributed by atoms with Crippen molar-refractivity contribution in [1.29, 1.82) is 0 Å². The quantitative estimate of drug-likeness (QED) is 0.731. The first-order chi connectivity index (χ1) is 11.5. The highest BCUT2D eigenvalue weighted by Gasteiger charge is 2.22. The lowest BCUT2D eigenvalue weighted by Gasteiger charge is -2.19. The Morgan fingerprint density at radius 3 is 2.54 bits per heavy atom. The van der Waals surface area contributed by atoms with Crippen molar-refractivity contribution in [2.75, 3.05) is 20.3 Å². The first-order valence-electron chi connectivity index (χ1n) is 7.39. The van der Waals surface area contributed by atoms with Crippen molar-refractivity contribution in [3.05, 3.63) is 23.8 Å². The average Bonchev–Trinajstić information content (AvgIpc) is 2.61. The highest BCUT2D eigenvalue weighted by Crippen LogP contribution is 2.30. The minimum Gasteiger partial charge on any atom is -0.486 e. The van der Waals surface area contributed by atoms with Crippen molar-refractivity contribution in [2.24, 2.45) is 5.10 Å². The summed E-state index contributed by atoms with van der Waals surface area (Å²) in [4.78, 5) is 35.4. The predicted octanol–water partition coefficient (Wildman–Crippen LogP) is -0.173. The zero-order valence-electron chi connectivity index (χ0n) is 13.0. The van der Waals surface area contributed by atoms with Crippen LogP contribution in [0.4, 0.5) is 0 Å². The molecule has 0 radical (unpaired) electrons. The summed E-state index contributed by atoms with van der Waals surface area (Å²) < 4.78 is 10.8. The molecule has 0 fully saturated rings. The Hall–Kier alpha value is -3.10. The minimum absolute atomic E-state index is 0.160. The fraction of sp³-hybridized carbons (Fsp3) is 0.333. The van der Waals surface area contributed by atoms with Gasteiger partial charge in [0.15, 0.2) is 11.5 Å². The molecule has 2 N–H and O–H groups in total. The van der Waals surface area contributed by atoms with Crippen LogP contribution in [0.15, 0.2) is 23.3 Å². The molecule has 126 valence electrons. The van der Waals surface area contributed by atoms with Crippen LogP contribution in [0.5, 0.6) is 11.5 Å². The van der Waals surface area contributed by atoms with Crippen molar-refractivity contribution in [1.82, 2.24) is 15.9 Å². The highest BCUT2D eigenvalue weighted by molar-refractivity contribution is 6.39. The van der Waals surface area contributed by atoms with E-state index >= 15 is 0 Å². The number of hydrogen-bond acceptors (Lipinski definition) is 6. The number of amides is 3.